The first-order valence-corrected chi connectivity index (χ1v) is 6.65. The Kier molecular flexibility index (Phi) is 4.02. The fourth-order valence-electron chi connectivity index (χ4n) is 1.21. The van der Waals surface area contributed by atoms with E-state index in [9.17, 15) is 4.21 Å². The summed E-state index contributed by atoms with van der Waals surface area (Å²) in [5.41, 5.74) is 0. The molecule has 4 heteroatoms. The molecule has 0 radical (unpaired) electrons. The predicted octanol–water partition coefficient (Wildman–Crippen LogP) is 0.692. The van der Waals surface area contributed by atoms with Crippen LogP contribution >= 0.6 is 15.9 Å². The van der Waals surface area contributed by atoms with Gasteiger partial charge in [-0.05, 0) is 5.92 Å². The van der Waals surface area contributed by atoms with Crippen molar-refractivity contribution >= 4 is 26.7 Å². The van der Waals surface area contributed by atoms with Gasteiger partial charge in [-0.2, -0.15) is 0 Å². The minimum absolute atomic E-state index is 0.620. The zero-order chi connectivity index (χ0) is 8.27. The zero-order valence-corrected chi connectivity index (χ0v) is 9.16. The number of hydrogen-bond donors (Lipinski definition) is 0. The Morgan fingerprint density at radius 3 is 2.73 bits per heavy atom. The third-order valence-electron chi connectivity index (χ3n) is 1.95. The fraction of sp³-hybridized carbons (Fsp3) is 1.00. The van der Waals surface area contributed by atoms with Crippen LogP contribution in [0.25, 0.3) is 0 Å². The predicted molar refractivity (Wildman–Crippen MR) is 52.7 cm³/mol. The van der Waals surface area contributed by atoms with Crippen molar-refractivity contribution in [2.45, 2.75) is 0 Å². The second-order valence-electron chi connectivity index (χ2n) is 3.06. The van der Waals surface area contributed by atoms with Crippen molar-refractivity contribution in [2.75, 3.05) is 37.0 Å². The third kappa shape index (κ3) is 3.22. The van der Waals surface area contributed by atoms with E-state index in [2.05, 4.69) is 20.8 Å². The van der Waals surface area contributed by atoms with Gasteiger partial charge in [-0.1, -0.05) is 15.9 Å². The van der Waals surface area contributed by atoms with Gasteiger partial charge in [0.1, 0.15) is 0 Å². The molecule has 11 heavy (non-hydrogen) atoms. The molecule has 1 fully saturated rings. The average molecular weight is 240 g/mol. The van der Waals surface area contributed by atoms with Crippen LogP contribution in [0.3, 0.4) is 0 Å². The molecule has 1 aliphatic heterocycles. The Morgan fingerprint density at radius 1 is 1.64 bits per heavy atom. The lowest BCUT2D eigenvalue weighted by Gasteiger charge is -2.38. The average Bonchev–Trinajstić information content (AvgIpc) is 1.84. The first kappa shape index (κ1) is 9.68. The summed E-state index contributed by atoms with van der Waals surface area (Å²) in [5.74, 6) is 1.66. The molecule has 0 aliphatic carbocycles. The smallest absolute Gasteiger partial charge is 0.0359 e. The highest BCUT2D eigenvalue weighted by molar-refractivity contribution is 9.09. The number of alkyl halides is 1. The van der Waals surface area contributed by atoms with Crippen LogP contribution in [0.1, 0.15) is 0 Å². The monoisotopic (exact) mass is 239 g/mol. The molecule has 1 heterocycles. The van der Waals surface area contributed by atoms with E-state index in [1.165, 1.54) is 13.1 Å². The lowest BCUT2D eigenvalue weighted by molar-refractivity contribution is 0.126. The van der Waals surface area contributed by atoms with Crippen LogP contribution < -0.4 is 0 Å². The summed E-state index contributed by atoms with van der Waals surface area (Å²) in [5, 5.41) is 1.11. The molecule has 1 rings (SSSR count). The maximum atomic E-state index is 10.7. The molecule has 1 unspecified atom stereocenters. The Balaban J connectivity index is 2.00. The van der Waals surface area contributed by atoms with Crippen molar-refractivity contribution in [1.29, 1.82) is 0 Å². The highest BCUT2D eigenvalue weighted by atomic mass is 79.9. The van der Waals surface area contributed by atoms with Gasteiger partial charge in [0.25, 0.3) is 0 Å². The summed E-state index contributed by atoms with van der Waals surface area (Å²) in [4.78, 5) is 2.35. The lowest BCUT2D eigenvalue weighted by Crippen LogP contribution is -2.48. The van der Waals surface area contributed by atoms with Crippen molar-refractivity contribution in [2.24, 2.45) is 5.92 Å². The van der Waals surface area contributed by atoms with Crippen molar-refractivity contribution in [1.82, 2.24) is 4.90 Å². The third-order valence-corrected chi connectivity index (χ3v) is 3.62. The molecule has 66 valence electrons. The second kappa shape index (κ2) is 4.58. The zero-order valence-electron chi connectivity index (χ0n) is 6.75. The van der Waals surface area contributed by atoms with Crippen LogP contribution in [-0.2, 0) is 10.8 Å². The molecule has 0 aromatic carbocycles. The summed E-state index contributed by atoms with van der Waals surface area (Å²) in [7, 11) is -0.620. The molecular weight excluding hydrogens is 226 g/mol. The van der Waals surface area contributed by atoms with Crippen LogP contribution in [0.5, 0.6) is 0 Å². The van der Waals surface area contributed by atoms with Crippen LogP contribution in [-0.4, -0.2) is 46.1 Å². The lowest BCUT2D eigenvalue weighted by atomic mass is 10.0. The molecule has 2 nitrogen and oxygen atoms in total. The number of rotatable bonds is 4. The summed E-state index contributed by atoms with van der Waals surface area (Å²) in [6.07, 6.45) is 1.77. The van der Waals surface area contributed by atoms with E-state index >= 15 is 0 Å². The van der Waals surface area contributed by atoms with Crippen LogP contribution in [0.4, 0.5) is 0 Å². The van der Waals surface area contributed by atoms with E-state index < -0.39 is 10.8 Å². The number of halogens is 1. The molecule has 0 bridgehead atoms. The number of likely N-dealkylation sites (tertiary alicyclic amines) is 1. The molecule has 1 aliphatic rings. The van der Waals surface area contributed by atoms with Gasteiger partial charge >= 0.3 is 0 Å². The summed E-state index contributed by atoms with van der Waals surface area (Å²) in [6.45, 7) is 3.37. The Labute approximate surface area is 78.9 Å². The maximum Gasteiger partial charge on any atom is 0.0359 e. The van der Waals surface area contributed by atoms with Gasteiger partial charge in [0.2, 0.25) is 0 Å². The fourth-order valence-corrected chi connectivity index (χ4v) is 2.14. The quantitative estimate of drug-likeness (QED) is 0.674. The summed E-state index contributed by atoms with van der Waals surface area (Å²) in [6, 6.07) is 0. The highest BCUT2D eigenvalue weighted by Gasteiger charge is 2.24. The van der Waals surface area contributed by atoms with Gasteiger partial charge in [-0.15, -0.1) is 0 Å². The minimum atomic E-state index is -0.620. The first-order chi connectivity index (χ1) is 5.22. The van der Waals surface area contributed by atoms with Crippen molar-refractivity contribution in [3.63, 3.8) is 0 Å². The van der Waals surface area contributed by atoms with Gasteiger partial charge < -0.3 is 4.90 Å². The second-order valence-corrected chi connectivity index (χ2v) is 5.26. The van der Waals surface area contributed by atoms with Crippen molar-refractivity contribution < 1.29 is 4.21 Å². The molecule has 0 N–H and O–H groups in total. The first-order valence-electron chi connectivity index (χ1n) is 3.80. The standard InChI is InChI=1S/C7H14BrNOS/c1-11(10)3-2-9-5-7(4-8)6-9/h7H,2-6H2,1H3. The van der Waals surface area contributed by atoms with Crippen LogP contribution in [0.2, 0.25) is 0 Å². The van der Waals surface area contributed by atoms with Gasteiger partial charge in [0.15, 0.2) is 0 Å². The van der Waals surface area contributed by atoms with Gasteiger partial charge in [-0.25, -0.2) is 0 Å². The molecule has 0 saturated carbocycles. The molecule has 1 saturated heterocycles. The molecule has 1 atom stereocenters. The van der Waals surface area contributed by atoms with Crippen LogP contribution in [0.15, 0.2) is 0 Å². The molecule has 0 amide bonds. The van der Waals surface area contributed by atoms with Gasteiger partial charge in [-0.3, -0.25) is 4.21 Å². The number of nitrogens with zero attached hydrogens (tertiary/aromatic N) is 1. The van der Waals surface area contributed by atoms with E-state index in [1.54, 1.807) is 6.26 Å². The number of hydrogen-bond acceptors (Lipinski definition) is 2. The SMILES string of the molecule is CS(=O)CCN1CC(CBr)C1. The van der Waals surface area contributed by atoms with Crippen molar-refractivity contribution in [3.05, 3.63) is 0 Å². The van der Waals surface area contributed by atoms with E-state index in [0.29, 0.717) is 0 Å². The normalized spacial score (nSPS) is 23.1. The Morgan fingerprint density at radius 2 is 2.27 bits per heavy atom. The summed E-state index contributed by atoms with van der Waals surface area (Å²) < 4.78 is 10.7. The van der Waals surface area contributed by atoms with E-state index in [-0.39, 0.29) is 0 Å². The van der Waals surface area contributed by atoms with Gasteiger partial charge in [0, 0.05) is 47.8 Å². The highest BCUT2D eigenvalue weighted by Crippen LogP contribution is 2.16. The summed E-state index contributed by atoms with van der Waals surface area (Å²) >= 11 is 3.45. The van der Waals surface area contributed by atoms with Crippen LogP contribution in [0, 0.1) is 5.92 Å². The molecular formula is C7H14BrNOS. The largest absolute Gasteiger partial charge is 0.302 e. The molecule has 0 aromatic heterocycles. The Hall–Kier alpha value is 0.590. The topological polar surface area (TPSA) is 20.3 Å². The van der Waals surface area contributed by atoms with Gasteiger partial charge in [0.05, 0.1) is 0 Å². The van der Waals surface area contributed by atoms with E-state index in [0.717, 1.165) is 23.5 Å². The molecule has 0 spiro atoms. The van der Waals surface area contributed by atoms with E-state index in [1.807, 2.05) is 0 Å². The minimum Gasteiger partial charge on any atom is -0.302 e. The van der Waals surface area contributed by atoms with Crippen molar-refractivity contribution in [3.8, 4) is 0 Å². The maximum absolute atomic E-state index is 10.7. The Bertz CT molecular complexity index is 147. The molecule has 0 aromatic rings. The van der Waals surface area contributed by atoms with E-state index in [4.69, 9.17) is 0 Å².